The molecule has 1 saturated carbocycles. The van der Waals surface area contributed by atoms with Crippen LogP contribution in [0.4, 0.5) is 5.69 Å². The predicted octanol–water partition coefficient (Wildman–Crippen LogP) is 2.05. The van der Waals surface area contributed by atoms with E-state index in [1.165, 1.54) is 21.3 Å². The molecule has 10 heteroatoms. The largest absolute Gasteiger partial charge is 0.482 e. The maximum atomic E-state index is 12.9. The molecule has 2 aromatic rings. The van der Waals surface area contributed by atoms with E-state index in [1.807, 2.05) is 0 Å². The van der Waals surface area contributed by atoms with Crippen molar-refractivity contribution in [3.8, 4) is 5.75 Å². The average molecular weight is 418 g/mol. The summed E-state index contributed by atoms with van der Waals surface area (Å²) >= 11 is 0. The Morgan fingerprint density at radius 3 is 2.66 bits per heavy atom. The zero-order valence-electron chi connectivity index (χ0n) is 15.9. The Morgan fingerprint density at radius 2 is 1.93 bits per heavy atom. The van der Waals surface area contributed by atoms with Gasteiger partial charge in [0.1, 0.15) is 5.75 Å². The van der Waals surface area contributed by atoms with Crippen LogP contribution in [0.25, 0.3) is 0 Å². The minimum absolute atomic E-state index is 0.110. The number of benzene rings is 1. The van der Waals surface area contributed by atoms with Gasteiger partial charge in [0.15, 0.2) is 12.4 Å². The van der Waals surface area contributed by atoms with Crippen LogP contribution in [0.3, 0.4) is 0 Å². The summed E-state index contributed by atoms with van der Waals surface area (Å²) in [7, 11) is -3.60. The Bertz CT molecular complexity index is 1040. The predicted molar refractivity (Wildman–Crippen MR) is 102 cm³/mol. The molecule has 1 aliphatic carbocycles. The lowest BCUT2D eigenvalue weighted by Crippen LogP contribution is -2.39. The number of anilines is 1. The topological polar surface area (TPSA) is 106 Å². The number of amides is 1. The van der Waals surface area contributed by atoms with Crippen LogP contribution < -0.4 is 9.64 Å². The van der Waals surface area contributed by atoms with Gasteiger partial charge in [0.2, 0.25) is 15.9 Å². The molecule has 0 atom stereocenters. The monoisotopic (exact) mass is 418 g/mol. The first kappa shape index (κ1) is 18.6. The molecule has 0 radical (unpaired) electrons. The minimum Gasteiger partial charge on any atom is -0.482 e. The number of carbonyl (C=O) groups excluding carboxylic acids is 1. The van der Waals surface area contributed by atoms with Crippen molar-refractivity contribution >= 4 is 21.6 Å². The normalized spacial score (nSPS) is 20.4. The maximum absolute atomic E-state index is 12.9. The van der Waals surface area contributed by atoms with Crippen LogP contribution in [0.1, 0.15) is 49.7 Å². The summed E-state index contributed by atoms with van der Waals surface area (Å²) in [5.74, 6) is 1.51. The highest BCUT2D eigenvalue weighted by Gasteiger charge is 2.32. The van der Waals surface area contributed by atoms with E-state index in [4.69, 9.17) is 9.26 Å². The van der Waals surface area contributed by atoms with Crippen molar-refractivity contribution in [1.29, 1.82) is 0 Å². The van der Waals surface area contributed by atoms with Gasteiger partial charge in [0.25, 0.3) is 5.91 Å². The molecule has 3 aliphatic rings. The van der Waals surface area contributed by atoms with E-state index in [2.05, 4.69) is 10.1 Å². The fourth-order valence-electron chi connectivity index (χ4n) is 3.89. The molecule has 9 nitrogen and oxygen atoms in total. The number of fused-ring (bicyclic) bond motifs is 1. The molecule has 1 aromatic carbocycles. The fraction of sp³-hybridized carbons (Fsp3) is 0.526. The van der Waals surface area contributed by atoms with Crippen molar-refractivity contribution in [1.82, 2.24) is 14.4 Å². The second kappa shape index (κ2) is 7.10. The highest BCUT2D eigenvalue weighted by atomic mass is 32.2. The van der Waals surface area contributed by atoms with E-state index in [0.29, 0.717) is 42.2 Å². The highest BCUT2D eigenvalue weighted by Crippen LogP contribution is 2.37. The Labute approximate surface area is 168 Å². The van der Waals surface area contributed by atoms with Crippen molar-refractivity contribution in [2.75, 3.05) is 24.6 Å². The van der Waals surface area contributed by atoms with E-state index in [9.17, 15) is 13.2 Å². The van der Waals surface area contributed by atoms with Crippen molar-refractivity contribution in [3.63, 3.8) is 0 Å². The van der Waals surface area contributed by atoms with Gasteiger partial charge in [-0.3, -0.25) is 9.69 Å². The standard InChI is InChI=1S/C19H22N4O5S/c24-18-12-27-16-7-6-14(29(25,26)22-8-1-2-9-22)10-15(16)23(18)11-17-20-19(28-21-17)13-4-3-5-13/h6-7,10,13H,1-5,8-9,11-12H2. The van der Waals surface area contributed by atoms with Gasteiger partial charge >= 0.3 is 0 Å². The van der Waals surface area contributed by atoms with Gasteiger partial charge in [0, 0.05) is 19.0 Å². The van der Waals surface area contributed by atoms with E-state index < -0.39 is 10.0 Å². The third-order valence-corrected chi connectivity index (χ3v) is 7.71. The van der Waals surface area contributed by atoms with Crippen molar-refractivity contribution < 1.29 is 22.5 Å². The smallest absolute Gasteiger partial charge is 0.265 e. The first-order chi connectivity index (χ1) is 14.0. The molecule has 2 fully saturated rings. The zero-order chi connectivity index (χ0) is 20.0. The SMILES string of the molecule is O=C1COc2ccc(S(=O)(=O)N3CCCC3)cc2N1Cc1noc(C2CCC2)n1. The van der Waals surface area contributed by atoms with E-state index in [-0.39, 0.29) is 24.0 Å². The Kier molecular flexibility index (Phi) is 4.54. The van der Waals surface area contributed by atoms with Crippen LogP contribution in [0.15, 0.2) is 27.6 Å². The zero-order valence-corrected chi connectivity index (χ0v) is 16.7. The lowest BCUT2D eigenvalue weighted by atomic mass is 9.85. The third kappa shape index (κ3) is 3.29. The molecule has 1 saturated heterocycles. The Morgan fingerprint density at radius 1 is 1.14 bits per heavy atom. The van der Waals surface area contributed by atoms with Crippen molar-refractivity contribution in [2.45, 2.75) is 49.5 Å². The molecule has 154 valence electrons. The highest BCUT2D eigenvalue weighted by molar-refractivity contribution is 7.89. The summed E-state index contributed by atoms with van der Waals surface area (Å²) in [5, 5.41) is 4.01. The van der Waals surface area contributed by atoms with Gasteiger partial charge in [-0.25, -0.2) is 8.42 Å². The second-order valence-corrected chi connectivity index (χ2v) is 9.62. The van der Waals surface area contributed by atoms with E-state index >= 15 is 0 Å². The second-order valence-electron chi connectivity index (χ2n) is 7.69. The summed E-state index contributed by atoms with van der Waals surface area (Å²) in [4.78, 5) is 18.6. The lowest BCUT2D eigenvalue weighted by molar-refractivity contribution is -0.121. The summed E-state index contributed by atoms with van der Waals surface area (Å²) in [6.45, 7) is 1.04. The van der Waals surface area contributed by atoms with Gasteiger partial charge in [0.05, 0.1) is 17.1 Å². The molecule has 1 aromatic heterocycles. The van der Waals surface area contributed by atoms with Gasteiger partial charge in [-0.15, -0.1) is 0 Å². The molecule has 0 spiro atoms. The van der Waals surface area contributed by atoms with Crippen LogP contribution in [0, 0.1) is 0 Å². The fourth-order valence-corrected chi connectivity index (χ4v) is 5.43. The number of hydrogen-bond acceptors (Lipinski definition) is 7. The first-order valence-corrected chi connectivity index (χ1v) is 11.4. The lowest BCUT2D eigenvalue weighted by Gasteiger charge is -2.29. The van der Waals surface area contributed by atoms with Crippen LogP contribution in [0.2, 0.25) is 0 Å². The van der Waals surface area contributed by atoms with Crippen LogP contribution in [0.5, 0.6) is 5.75 Å². The molecular formula is C19H22N4O5S. The number of ether oxygens (including phenoxy) is 1. The summed E-state index contributed by atoms with van der Waals surface area (Å²) in [6.07, 6.45) is 4.96. The van der Waals surface area contributed by atoms with Gasteiger partial charge in [-0.1, -0.05) is 11.6 Å². The number of nitrogens with zero attached hydrogens (tertiary/aromatic N) is 4. The van der Waals surface area contributed by atoms with Gasteiger partial charge in [-0.05, 0) is 43.9 Å². The van der Waals surface area contributed by atoms with Crippen molar-refractivity contribution in [3.05, 3.63) is 29.9 Å². The molecule has 0 bridgehead atoms. The number of hydrogen-bond donors (Lipinski definition) is 0. The molecule has 0 unspecified atom stereocenters. The summed E-state index contributed by atoms with van der Waals surface area (Å²) < 4.78 is 38.2. The van der Waals surface area contributed by atoms with E-state index in [0.717, 1.165) is 32.1 Å². The van der Waals surface area contributed by atoms with E-state index in [1.54, 1.807) is 6.07 Å². The quantitative estimate of drug-likeness (QED) is 0.731. The third-order valence-electron chi connectivity index (χ3n) is 5.81. The van der Waals surface area contributed by atoms with Crippen LogP contribution in [-0.2, 0) is 21.4 Å². The van der Waals surface area contributed by atoms with Gasteiger partial charge in [-0.2, -0.15) is 9.29 Å². The molecule has 3 heterocycles. The Hall–Kier alpha value is -2.46. The summed E-state index contributed by atoms with van der Waals surface area (Å²) in [6, 6.07) is 4.64. The van der Waals surface area contributed by atoms with Gasteiger partial charge < -0.3 is 9.26 Å². The minimum atomic E-state index is -3.60. The molecule has 5 rings (SSSR count). The Balaban J connectivity index is 1.45. The molecular weight excluding hydrogens is 396 g/mol. The first-order valence-electron chi connectivity index (χ1n) is 9.92. The summed E-state index contributed by atoms with van der Waals surface area (Å²) in [5.41, 5.74) is 0.413. The number of aromatic nitrogens is 2. The molecule has 1 amide bonds. The van der Waals surface area contributed by atoms with Crippen molar-refractivity contribution in [2.24, 2.45) is 0 Å². The van der Waals surface area contributed by atoms with Crippen LogP contribution >= 0.6 is 0 Å². The van der Waals surface area contributed by atoms with Crippen LogP contribution in [-0.4, -0.2) is 48.5 Å². The molecule has 0 N–H and O–H groups in total. The number of sulfonamides is 1. The number of rotatable bonds is 5. The molecule has 2 aliphatic heterocycles. The average Bonchev–Trinajstić information content (AvgIpc) is 3.35. The number of carbonyl (C=O) groups is 1. The molecule has 29 heavy (non-hydrogen) atoms. The maximum Gasteiger partial charge on any atom is 0.265 e.